The van der Waals surface area contributed by atoms with E-state index in [0.29, 0.717) is 35.4 Å². The van der Waals surface area contributed by atoms with Crippen LogP contribution in [0.4, 0.5) is 0 Å². The van der Waals surface area contributed by atoms with E-state index in [2.05, 4.69) is 28.8 Å². The first-order valence-corrected chi connectivity index (χ1v) is 9.64. The molecule has 3 aromatic heterocycles. The Morgan fingerprint density at radius 2 is 1.93 bits per heavy atom. The Morgan fingerprint density at radius 1 is 1.07 bits per heavy atom. The summed E-state index contributed by atoms with van der Waals surface area (Å²) in [5.74, 6) is 2.00. The minimum Gasteiger partial charge on any atom is -0.493 e. The molecule has 0 amide bonds. The molecule has 0 spiro atoms. The quantitative estimate of drug-likeness (QED) is 0.426. The molecule has 0 unspecified atom stereocenters. The second kappa shape index (κ2) is 9.25. The van der Waals surface area contributed by atoms with Gasteiger partial charge in [-0.05, 0) is 48.4 Å². The van der Waals surface area contributed by atoms with Gasteiger partial charge in [0.1, 0.15) is 11.4 Å². The molecule has 3 heterocycles. The number of hydrogen-bond acceptors (Lipinski definition) is 4. The van der Waals surface area contributed by atoms with E-state index in [1.807, 2.05) is 48.5 Å². The topological polar surface area (TPSA) is 63.7 Å². The van der Waals surface area contributed by atoms with Crippen LogP contribution in [0.3, 0.4) is 0 Å². The van der Waals surface area contributed by atoms with Crippen molar-refractivity contribution in [2.75, 3.05) is 6.61 Å². The van der Waals surface area contributed by atoms with Gasteiger partial charge in [-0.25, -0.2) is 15.0 Å². The highest BCUT2D eigenvalue weighted by atomic mass is 35.5. The molecule has 0 fully saturated rings. The molecule has 29 heavy (non-hydrogen) atoms. The number of halogens is 2. The molecule has 0 saturated heterocycles. The van der Waals surface area contributed by atoms with Crippen molar-refractivity contribution in [2.45, 2.75) is 20.3 Å². The van der Waals surface area contributed by atoms with E-state index in [1.54, 1.807) is 6.20 Å². The van der Waals surface area contributed by atoms with E-state index in [1.165, 1.54) is 0 Å². The number of nitrogens with zero attached hydrogens (tertiary/aromatic N) is 3. The number of imidazole rings is 1. The molecule has 1 aromatic carbocycles. The highest BCUT2D eigenvalue weighted by molar-refractivity contribution is 6.30. The molecule has 0 aliphatic heterocycles. The van der Waals surface area contributed by atoms with Crippen LogP contribution in [0.5, 0.6) is 5.75 Å². The first-order valence-electron chi connectivity index (χ1n) is 9.27. The molecule has 4 rings (SSSR count). The van der Waals surface area contributed by atoms with Gasteiger partial charge in [-0.15, -0.1) is 12.4 Å². The van der Waals surface area contributed by atoms with Gasteiger partial charge in [0, 0.05) is 28.9 Å². The number of H-pyrrole nitrogens is 1. The van der Waals surface area contributed by atoms with E-state index in [0.717, 1.165) is 28.2 Å². The van der Waals surface area contributed by atoms with Crippen LogP contribution in [-0.4, -0.2) is 26.5 Å². The average Bonchev–Trinajstić information content (AvgIpc) is 3.12. The molecule has 0 radical (unpaired) electrons. The Morgan fingerprint density at radius 3 is 2.72 bits per heavy atom. The van der Waals surface area contributed by atoms with Crippen molar-refractivity contribution in [1.82, 2.24) is 19.9 Å². The minimum absolute atomic E-state index is 0. The SMILES string of the molecule is CC(C)COc1ccc(Cl)cc1Cc1cccc(-c2nc3ncccc3[nH]2)n1.Cl. The fraction of sp³-hybridized carbons (Fsp3) is 0.227. The van der Waals surface area contributed by atoms with Crippen molar-refractivity contribution in [2.24, 2.45) is 5.92 Å². The fourth-order valence-corrected chi connectivity index (χ4v) is 3.15. The van der Waals surface area contributed by atoms with Crippen molar-refractivity contribution in [3.63, 3.8) is 0 Å². The molecule has 4 aromatic rings. The number of aromatic nitrogens is 4. The van der Waals surface area contributed by atoms with Gasteiger partial charge in [-0.3, -0.25) is 0 Å². The van der Waals surface area contributed by atoms with Crippen molar-refractivity contribution >= 4 is 35.2 Å². The van der Waals surface area contributed by atoms with Gasteiger partial charge in [-0.1, -0.05) is 31.5 Å². The highest BCUT2D eigenvalue weighted by Gasteiger charge is 2.11. The Hall–Kier alpha value is -2.63. The lowest BCUT2D eigenvalue weighted by atomic mass is 10.1. The predicted octanol–water partition coefficient (Wildman–Crippen LogP) is 5.72. The maximum atomic E-state index is 6.22. The van der Waals surface area contributed by atoms with E-state index in [-0.39, 0.29) is 12.4 Å². The summed E-state index contributed by atoms with van der Waals surface area (Å²) >= 11 is 6.22. The standard InChI is InChI=1S/C22H21ClN4O.ClH/c1-14(2)13-28-20-9-8-16(23)11-15(20)12-17-5-3-6-19(25-17)22-26-18-7-4-10-24-21(18)27-22;/h3-11,14H,12-13H2,1-2H3,(H,24,26,27);1H. The Bertz CT molecular complexity index is 1080. The molecule has 1 N–H and O–H groups in total. The van der Waals surface area contributed by atoms with Crippen LogP contribution in [-0.2, 0) is 6.42 Å². The molecular weight excluding hydrogens is 407 g/mol. The van der Waals surface area contributed by atoms with Gasteiger partial charge in [0.2, 0.25) is 0 Å². The zero-order valence-corrected chi connectivity index (χ0v) is 17.8. The zero-order chi connectivity index (χ0) is 19.5. The maximum absolute atomic E-state index is 6.22. The summed E-state index contributed by atoms with van der Waals surface area (Å²) in [7, 11) is 0. The van der Waals surface area contributed by atoms with Crippen LogP contribution in [0, 0.1) is 5.92 Å². The fourth-order valence-electron chi connectivity index (χ4n) is 2.95. The van der Waals surface area contributed by atoms with Crippen LogP contribution >= 0.6 is 24.0 Å². The lowest BCUT2D eigenvalue weighted by Gasteiger charge is -2.13. The Labute approximate surface area is 180 Å². The molecule has 150 valence electrons. The first kappa shape index (κ1) is 21.1. The van der Waals surface area contributed by atoms with Gasteiger partial charge >= 0.3 is 0 Å². The average molecular weight is 429 g/mol. The third-order valence-corrected chi connectivity index (χ3v) is 4.51. The lowest BCUT2D eigenvalue weighted by molar-refractivity contribution is 0.269. The summed E-state index contributed by atoms with van der Waals surface area (Å²) in [5.41, 5.74) is 4.29. The summed E-state index contributed by atoms with van der Waals surface area (Å²) in [6.45, 7) is 4.92. The van der Waals surface area contributed by atoms with Gasteiger partial charge in [0.15, 0.2) is 11.5 Å². The van der Waals surface area contributed by atoms with Crippen LogP contribution in [0.15, 0.2) is 54.7 Å². The summed E-state index contributed by atoms with van der Waals surface area (Å²) in [4.78, 5) is 16.9. The Balaban J connectivity index is 0.00000240. The zero-order valence-electron chi connectivity index (χ0n) is 16.2. The largest absolute Gasteiger partial charge is 0.493 e. The predicted molar refractivity (Wildman–Crippen MR) is 119 cm³/mol. The van der Waals surface area contributed by atoms with E-state index in [9.17, 15) is 0 Å². The second-order valence-electron chi connectivity index (χ2n) is 7.11. The van der Waals surface area contributed by atoms with Crippen molar-refractivity contribution in [3.8, 4) is 17.3 Å². The normalized spacial score (nSPS) is 10.9. The van der Waals surface area contributed by atoms with Crippen molar-refractivity contribution < 1.29 is 4.74 Å². The van der Waals surface area contributed by atoms with E-state index >= 15 is 0 Å². The lowest BCUT2D eigenvalue weighted by Crippen LogP contribution is -2.06. The van der Waals surface area contributed by atoms with Crippen LogP contribution < -0.4 is 4.74 Å². The van der Waals surface area contributed by atoms with Crippen LogP contribution in [0.25, 0.3) is 22.7 Å². The molecule has 0 bridgehead atoms. The van der Waals surface area contributed by atoms with Gasteiger partial charge in [-0.2, -0.15) is 0 Å². The van der Waals surface area contributed by atoms with Gasteiger partial charge < -0.3 is 9.72 Å². The molecule has 0 saturated carbocycles. The van der Waals surface area contributed by atoms with Crippen LogP contribution in [0.1, 0.15) is 25.1 Å². The third kappa shape index (κ3) is 5.05. The smallest absolute Gasteiger partial charge is 0.178 e. The van der Waals surface area contributed by atoms with E-state index in [4.69, 9.17) is 21.3 Å². The van der Waals surface area contributed by atoms with Gasteiger partial charge in [0.25, 0.3) is 0 Å². The second-order valence-corrected chi connectivity index (χ2v) is 7.54. The van der Waals surface area contributed by atoms with Gasteiger partial charge in [0.05, 0.1) is 12.1 Å². The molecule has 5 nitrogen and oxygen atoms in total. The first-order chi connectivity index (χ1) is 13.6. The minimum atomic E-state index is 0. The number of pyridine rings is 2. The summed E-state index contributed by atoms with van der Waals surface area (Å²) in [6.07, 6.45) is 2.36. The summed E-state index contributed by atoms with van der Waals surface area (Å²) in [6, 6.07) is 15.5. The number of nitrogens with one attached hydrogen (secondary N) is 1. The third-order valence-electron chi connectivity index (χ3n) is 4.27. The number of aromatic amines is 1. The maximum Gasteiger partial charge on any atom is 0.178 e. The molecule has 0 aliphatic carbocycles. The molecular formula is C22H22Cl2N4O. The number of ether oxygens (including phenoxy) is 1. The van der Waals surface area contributed by atoms with E-state index < -0.39 is 0 Å². The molecule has 7 heteroatoms. The highest BCUT2D eigenvalue weighted by Crippen LogP contribution is 2.26. The number of benzene rings is 1. The Kier molecular flexibility index (Phi) is 6.72. The van der Waals surface area contributed by atoms with Crippen LogP contribution in [0.2, 0.25) is 5.02 Å². The summed E-state index contributed by atoms with van der Waals surface area (Å²) in [5, 5.41) is 0.686. The van der Waals surface area contributed by atoms with Crippen molar-refractivity contribution in [1.29, 1.82) is 0 Å². The number of hydrogen-bond donors (Lipinski definition) is 1. The van der Waals surface area contributed by atoms with Crippen molar-refractivity contribution in [3.05, 3.63) is 71.0 Å². The monoisotopic (exact) mass is 428 g/mol. The molecule has 0 atom stereocenters. The summed E-state index contributed by atoms with van der Waals surface area (Å²) < 4.78 is 5.97. The molecule has 0 aliphatic rings. The number of fused-ring (bicyclic) bond motifs is 1. The number of rotatable bonds is 6.